The third-order valence-corrected chi connectivity index (χ3v) is 8.31. The summed E-state index contributed by atoms with van der Waals surface area (Å²) in [6.45, 7) is 8.80. The molecule has 0 amide bonds. The maximum absolute atomic E-state index is 10.7. The molecule has 0 saturated carbocycles. The standard InChI is InChI=1S/C35H43N3O3/c1-4-33(38(23-27-11-7-5-8-12-27)24-28-13-9-6-10-14-28)29(25-39)19-26(2)22-37-17-18-41-34-21-36-32-16-15-30(40-3)20-31(32)35(34)37/h5-16,20-21,26,29,33,39H,4,17-19,22-25H2,1-3H3/t26-,29-,33-/m1/s1. The Balaban J connectivity index is 1.35. The largest absolute Gasteiger partial charge is 0.497 e. The van der Waals surface area contributed by atoms with Crippen molar-refractivity contribution in [3.63, 3.8) is 0 Å². The van der Waals surface area contributed by atoms with E-state index in [-0.39, 0.29) is 18.6 Å². The first-order valence-electron chi connectivity index (χ1n) is 14.9. The van der Waals surface area contributed by atoms with Crippen LogP contribution < -0.4 is 14.4 Å². The van der Waals surface area contributed by atoms with Gasteiger partial charge in [0.1, 0.15) is 12.4 Å². The molecule has 1 aliphatic rings. The van der Waals surface area contributed by atoms with Crippen LogP contribution in [-0.2, 0) is 13.1 Å². The number of aliphatic hydroxyl groups excluding tert-OH is 1. The quantitative estimate of drug-likeness (QED) is 0.202. The molecule has 6 nitrogen and oxygen atoms in total. The van der Waals surface area contributed by atoms with Gasteiger partial charge in [0.15, 0.2) is 5.75 Å². The Bertz CT molecular complexity index is 1340. The molecule has 1 aliphatic heterocycles. The van der Waals surface area contributed by atoms with Crippen molar-refractivity contribution in [1.82, 2.24) is 9.88 Å². The predicted octanol–water partition coefficient (Wildman–Crippen LogP) is 6.56. The van der Waals surface area contributed by atoms with E-state index in [1.807, 2.05) is 18.3 Å². The molecule has 4 aromatic rings. The summed E-state index contributed by atoms with van der Waals surface area (Å²) >= 11 is 0. The molecule has 1 aromatic heterocycles. The first-order valence-corrected chi connectivity index (χ1v) is 14.9. The molecule has 0 saturated heterocycles. The second-order valence-electron chi connectivity index (χ2n) is 11.3. The van der Waals surface area contributed by atoms with Crippen molar-refractivity contribution in [1.29, 1.82) is 0 Å². The Morgan fingerprint density at radius 1 is 1.00 bits per heavy atom. The van der Waals surface area contributed by atoms with Crippen LogP contribution in [0.15, 0.2) is 85.1 Å². The van der Waals surface area contributed by atoms with E-state index in [1.165, 1.54) is 11.1 Å². The fraction of sp³-hybridized carbons (Fsp3) is 0.400. The number of pyridine rings is 1. The lowest BCUT2D eigenvalue weighted by Crippen LogP contribution is -2.43. The highest BCUT2D eigenvalue weighted by Crippen LogP contribution is 2.39. The molecule has 0 bridgehead atoms. The number of hydrogen-bond acceptors (Lipinski definition) is 6. The van der Waals surface area contributed by atoms with Gasteiger partial charge in [-0.05, 0) is 54.0 Å². The molecule has 1 N–H and O–H groups in total. The van der Waals surface area contributed by atoms with Gasteiger partial charge in [0.25, 0.3) is 0 Å². The molecule has 0 fully saturated rings. The Morgan fingerprint density at radius 3 is 2.29 bits per heavy atom. The maximum Gasteiger partial charge on any atom is 0.161 e. The third-order valence-electron chi connectivity index (χ3n) is 8.31. The Hall–Kier alpha value is -3.61. The van der Waals surface area contributed by atoms with Crippen LogP contribution in [-0.4, -0.2) is 54.4 Å². The van der Waals surface area contributed by atoms with Crippen molar-refractivity contribution in [3.8, 4) is 11.5 Å². The second kappa shape index (κ2) is 13.8. The van der Waals surface area contributed by atoms with Gasteiger partial charge >= 0.3 is 0 Å². The van der Waals surface area contributed by atoms with Gasteiger partial charge in [-0.1, -0.05) is 74.5 Å². The number of benzene rings is 3. The van der Waals surface area contributed by atoms with Gasteiger partial charge in [0.05, 0.1) is 31.1 Å². The molecular formula is C35H43N3O3. The lowest BCUT2D eigenvalue weighted by Gasteiger charge is -2.39. The van der Waals surface area contributed by atoms with Crippen molar-refractivity contribution < 1.29 is 14.6 Å². The normalized spacial score (nSPS) is 15.3. The number of rotatable bonds is 13. The van der Waals surface area contributed by atoms with Crippen LogP contribution in [0.25, 0.3) is 10.9 Å². The van der Waals surface area contributed by atoms with E-state index in [9.17, 15) is 5.11 Å². The molecule has 3 aromatic carbocycles. The zero-order chi connectivity index (χ0) is 28.6. The average Bonchev–Trinajstić information content (AvgIpc) is 3.01. The summed E-state index contributed by atoms with van der Waals surface area (Å²) in [5, 5.41) is 11.8. The van der Waals surface area contributed by atoms with Gasteiger partial charge in [-0.2, -0.15) is 0 Å². The van der Waals surface area contributed by atoms with Crippen molar-refractivity contribution in [2.75, 3.05) is 38.3 Å². The van der Waals surface area contributed by atoms with E-state index >= 15 is 0 Å². The van der Waals surface area contributed by atoms with Crippen LogP contribution in [0.5, 0.6) is 11.5 Å². The van der Waals surface area contributed by atoms with Crippen LogP contribution >= 0.6 is 0 Å². The average molecular weight is 554 g/mol. The molecule has 41 heavy (non-hydrogen) atoms. The minimum absolute atomic E-state index is 0.164. The number of aromatic nitrogens is 1. The van der Waals surface area contributed by atoms with Gasteiger partial charge in [-0.25, -0.2) is 0 Å². The molecule has 0 radical (unpaired) electrons. The number of ether oxygens (including phenoxy) is 2. The highest BCUT2D eigenvalue weighted by atomic mass is 16.5. The fourth-order valence-electron chi connectivity index (χ4n) is 6.40. The number of methoxy groups -OCH3 is 1. The molecular weight excluding hydrogens is 510 g/mol. The summed E-state index contributed by atoms with van der Waals surface area (Å²) in [7, 11) is 1.69. The molecule has 2 heterocycles. The summed E-state index contributed by atoms with van der Waals surface area (Å²) in [5.41, 5.74) is 4.62. The van der Waals surface area contributed by atoms with Crippen LogP contribution in [0.1, 0.15) is 37.8 Å². The smallest absolute Gasteiger partial charge is 0.161 e. The lowest BCUT2D eigenvalue weighted by atomic mass is 9.87. The first-order chi connectivity index (χ1) is 20.1. The van der Waals surface area contributed by atoms with E-state index in [2.05, 4.69) is 95.4 Å². The maximum atomic E-state index is 10.7. The topological polar surface area (TPSA) is 58.1 Å². The minimum atomic E-state index is 0.164. The van der Waals surface area contributed by atoms with Gasteiger partial charge in [-0.3, -0.25) is 9.88 Å². The highest BCUT2D eigenvalue weighted by Gasteiger charge is 2.29. The van der Waals surface area contributed by atoms with Gasteiger partial charge in [-0.15, -0.1) is 0 Å². The predicted molar refractivity (Wildman–Crippen MR) is 167 cm³/mol. The molecule has 6 heteroatoms. The summed E-state index contributed by atoms with van der Waals surface area (Å²) in [4.78, 5) is 9.62. The molecule has 0 aliphatic carbocycles. The monoisotopic (exact) mass is 553 g/mol. The van der Waals surface area contributed by atoms with Crippen molar-refractivity contribution in [3.05, 3.63) is 96.2 Å². The number of anilines is 1. The Kier molecular flexibility index (Phi) is 9.75. The van der Waals surface area contributed by atoms with Gasteiger partial charge < -0.3 is 19.5 Å². The molecule has 0 unspecified atom stereocenters. The van der Waals surface area contributed by atoms with E-state index in [4.69, 9.17) is 9.47 Å². The lowest BCUT2D eigenvalue weighted by molar-refractivity contribution is 0.0689. The van der Waals surface area contributed by atoms with E-state index in [0.29, 0.717) is 12.5 Å². The molecule has 3 atom stereocenters. The molecule has 5 rings (SSSR count). The first kappa shape index (κ1) is 28.9. The highest BCUT2D eigenvalue weighted by molar-refractivity contribution is 5.96. The van der Waals surface area contributed by atoms with Gasteiger partial charge in [0, 0.05) is 37.7 Å². The van der Waals surface area contributed by atoms with Crippen molar-refractivity contribution in [2.45, 2.75) is 45.8 Å². The fourth-order valence-corrected chi connectivity index (χ4v) is 6.40. The van der Waals surface area contributed by atoms with Crippen LogP contribution in [0.2, 0.25) is 0 Å². The third kappa shape index (κ3) is 7.00. The zero-order valence-electron chi connectivity index (χ0n) is 24.6. The van der Waals surface area contributed by atoms with Gasteiger partial charge in [0.2, 0.25) is 0 Å². The second-order valence-corrected chi connectivity index (χ2v) is 11.3. The number of aliphatic hydroxyl groups is 1. The molecule has 0 spiro atoms. The Labute approximate surface area is 244 Å². The summed E-state index contributed by atoms with van der Waals surface area (Å²) in [5.74, 6) is 2.18. The summed E-state index contributed by atoms with van der Waals surface area (Å²) < 4.78 is 11.6. The Morgan fingerprint density at radius 2 is 1.68 bits per heavy atom. The number of nitrogens with zero attached hydrogens (tertiary/aromatic N) is 3. The molecule has 216 valence electrons. The SMILES string of the molecule is CC[C@H]([C@@H](CO)C[C@@H](C)CN1CCOc2cnc3ccc(OC)cc3c21)N(Cc1ccccc1)Cc1ccccc1. The van der Waals surface area contributed by atoms with Crippen LogP contribution in [0, 0.1) is 11.8 Å². The van der Waals surface area contributed by atoms with E-state index in [0.717, 1.165) is 67.1 Å². The summed E-state index contributed by atoms with van der Waals surface area (Å²) in [6, 6.07) is 27.6. The van der Waals surface area contributed by atoms with E-state index in [1.54, 1.807) is 7.11 Å². The minimum Gasteiger partial charge on any atom is -0.497 e. The zero-order valence-corrected chi connectivity index (χ0v) is 24.6. The van der Waals surface area contributed by atoms with E-state index < -0.39 is 0 Å². The van der Waals surface area contributed by atoms with Crippen LogP contribution in [0.3, 0.4) is 0 Å². The number of hydrogen-bond donors (Lipinski definition) is 1. The van der Waals surface area contributed by atoms with Crippen molar-refractivity contribution in [2.24, 2.45) is 11.8 Å². The van der Waals surface area contributed by atoms with Crippen LogP contribution in [0.4, 0.5) is 5.69 Å². The summed E-state index contributed by atoms with van der Waals surface area (Å²) in [6.07, 6.45) is 3.76. The number of fused-ring (bicyclic) bond motifs is 3. The van der Waals surface area contributed by atoms with Crippen molar-refractivity contribution >= 4 is 16.6 Å².